The summed E-state index contributed by atoms with van der Waals surface area (Å²) < 4.78 is 40.1. The zero-order valence-electron chi connectivity index (χ0n) is 15.2. The van der Waals surface area contributed by atoms with Gasteiger partial charge in [-0.3, -0.25) is 9.59 Å². The Kier molecular flexibility index (Phi) is 7.61. The van der Waals surface area contributed by atoms with Gasteiger partial charge in [0.15, 0.2) is 17.5 Å². The number of nitrogens with zero attached hydrogens (tertiary/aromatic N) is 1. The molecule has 9 heteroatoms. The highest BCUT2D eigenvalue weighted by Gasteiger charge is 2.33. The maximum atomic E-state index is 13.8. The molecule has 0 radical (unpaired) electrons. The van der Waals surface area contributed by atoms with Gasteiger partial charge in [-0.2, -0.15) is 0 Å². The summed E-state index contributed by atoms with van der Waals surface area (Å²) in [6, 6.07) is 0.521. The molecular weight excluding hydrogens is 361 g/mol. The zero-order valence-corrected chi connectivity index (χ0v) is 15.2. The molecule has 1 fully saturated rings. The van der Waals surface area contributed by atoms with Gasteiger partial charge in [-0.05, 0) is 31.0 Å². The number of hydrogen-bond donors (Lipinski definition) is 3. The molecule has 27 heavy (non-hydrogen) atoms. The molecule has 1 aromatic rings. The lowest BCUT2D eigenvalue weighted by molar-refractivity contribution is -0.143. The Morgan fingerprint density at radius 3 is 2.81 bits per heavy atom. The molecule has 1 aliphatic heterocycles. The Balaban J connectivity index is 1.99. The summed E-state index contributed by atoms with van der Waals surface area (Å²) in [6.07, 6.45) is 0.649. The van der Waals surface area contributed by atoms with Crippen molar-refractivity contribution in [1.29, 1.82) is 0 Å². The van der Waals surface area contributed by atoms with Crippen LogP contribution in [-0.4, -0.2) is 55.0 Å². The second-order valence-corrected chi connectivity index (χ2v) is 6.60. The van der Waals surface area contributed by atoms with Crippen molar-refractivity contribution in [2.24, 2.45) is 5.73 Å². The van der Waals surface area contributed by atoms with E-state index in [0.717, 1.165) is 25.1 Å². The van der Waals surface area contributed by atoms with Gasteiger partial charge in [-0.15, -0.1) is 0 Å². The van der Waals surface area contributed by atoms with Crippen molar-refractivity contribution in [2.45, 2.75) is 38.3 Å². The lowest BCUT2D eigenvalue weighted by atomic mass is 10.0. The second kappa shape index (κ2) is 9.70. The molecule has 1 aromatic carbocycles. The number of carbonyl (C=O) groups excluding carboxylic acids is 2. The molecule has 0 unspecified atom stereocenters. The molecule has 0 aromatic heterocycles. The van der Waals surface area contributed by atoms with Gasteiger partial charge in [0.1, 0.15) is 6.04 Å². The second-order valence-electron chi connectivity index (χ2n) is 6.60. The van der Waals surface area contributed by atoms with Gasteiger partial charge in [-0.25, -0.2) is 13.2 Å². The van der Waals surface area contributed by atoms with Crippen LogP contribution >= 0.6 is 0 Å². The lowest BCUT2D eigenvalue weighted by Gasteiger charge is -2.35. The number of carbonyl (C=O) groups is 2. The normalized spacial score (nSPS) is 18.3. The SMILES string of the molecule is CCCNC[C@@H]1C(=O)NCCN1C(=O)C[C@H](N)Cc1ccc(F)c(F)c1F. The lowest BCUT2D eigenvalue weighted by Crippen LogP contribution is -2.60. The summed E-state index contributed by atoms with van der Waals surface area (Å²) in [5.74, 6) is -4.69. The van der Waals surface area contributed by atoms with E-state index in [4.69, 9.17) is 5.73 Å². The highest BCUT2D eigenvalue weighted by atomic mass is 19.2. The minimum atomic E-state index is -1.55. The summed E-state index contributed by atoms with van der Waals surface area (Å²) in [5.41, 5.74) is 5.83. The van der Waals surface area contributed by atoms with Crippen molar-refractivity contribution >= 4 is 11.8 Å². The number of halogens is 3. The van der Waals surface area contributed by atoms with Crippen molar-refractivity contribution in [3.05, 3.63) is 35.1 Å². The van der Waals surface area contributed by atoms with Gasteiger partial charge >= 0.3 is 0 Å². The smallest absolute Gasteiger partial charge is 0.244 e. The number of amides is 2. The van der Waals surface area contributed by atoms with E-state index in [1.807, 2.05) is 6.92 Å². The molecule has 1 saturated heterocycles. The average Bonchev–Trinajstić information content (AvgIpc) is 2.63. The fraction of sp³-hybridized carbons (Fsp3) is 0.556. The molecule has 2 atom stereocenters. The Labute approximate surface area is 156 Å². The van der Waals surface area contributed by atoms with Crippen LogP contribution in [0.4, 0.5) is 13.2 Å². The summed E-state index contributed by atoms with van der Waals surface area (Å²) >= 11 is 0. The molecule has 4 N–H and O–H groups in total. The zero-order chi connectivity index (χ0) is 20.0. The molecule has 0 spiro atoms. The first kappa shape index (κ1) is 21.2. The Morgan fingerprint density at radius 1 is 1.37 bits per heavy atom. The van der Waals surface area contributed by atoms with Gasteiger partial charge in [-0.1, -0.05) is 13.0 Å². The van der Waals surface area contributed by atoms with Crippen LogP contribution in [0.15, 0.2) is 12.1 Å². The van der Waals surface area contributed by atoms with Crippen LogP contribution in [0.1, 0.15) is 25.3 Å². The first-order valence-corrected chi connectivity index (χ1v) is 9.01. The van der Waals surface area contributed by atoms with E-state index < -0.39 is 29.5 Å². The van der Waals surface area contributed by atoms with Gasteiger partial charge in [0.25, 0.3) is 0 Å². The monoisotopic (exact) mass is 386 g/mol. The summed E-state index contributed by atoms with van der Waals surface area (Å²) in [6.45, 7) is 3.75. The van der Waals surface area contributed by atoms with E-state index in [0.29, 0.717) is 19.6 Å². The van der Waals surface area contributed by atoms with Gasteiger partial charge < -0.3 is 21.3 Å². The molecule has 2 rings (SSSR count). The molecule has 0 aliphatic carbocycles. The van der Waals surface area contributed by atoms with Crippen LogP contribution in [0.5, 0.6) is 0 Å². The largest absolute Gasteiger partial charge is 0.352 e. The topological polar surface area (TPSA) is 87.5 Å². The minimum Gasteiger partial charge on any atom is -0.352 e. The first-order chi connectivity index (χ1) is 12.8. The van der Waals surface area contributed by atoms with E-state index in [2.05, 4.69) is 10.6 Å². The van der Waals surface area contributed by atoms with Crippen molar-refractivity contribution in [3.63, 3.8) is 0 Å². The molecular formula is C18H25F3N4O2. The highest BCUT2D eigenvalue weighted by molar-refractivity contribution is 5.89. The van der Waals surface area contributed by atoms with E-state index in [9.17, 15) is 22.8 Å². The van der Waals surface area contributed by atoms with Crippen LogP contribution in [0.2, 0.25) is 0 Å². The quantitative estimate of drug-likeness (QED) is 0.453. The highest BCUT2D eigenvalue weighted by Crippen LogP contribution is 2.17. The van der Waals surface area contributed by atoms with Crippen molar-refractivity contribution < 1.29 is 22.8 Å². The summed E-state index contributed by atoms with van der Waals surface area (Å²) in [7, 11) is 0. The summed E-state index contributed by atoms with van der Waals surface area (Å²) in [4.78, 5) is 26.2. The van der Waals surface area contributed by atoms with Gasteiger partial charge in [0, 0.05) is 32.1 Å². The van der Waals surface area contributed by atoms with Crippen molar-refractivity contribution in [1.82, 2.24) is 15.5 Å². The van der Waals surface area contributed by atoms with Gasteiger partial charge in [0.2, 0.25) is 11.8 Å². The van der Waals surface area contributed by atoms with E-state index >= 15 is 0 Å². The fourth-order valence-corrected chi connectivity index (χ4v) is 3.05. The number of nitrogens with one attached hydrogen (secondary N) is 2. The molecule has 1 aliphatic rings. The molecule has 1 heterocycles. The maximum Gasteiger partial charge on any atom is 0.244 e. The number of benzene rings is 1. The molecule has 0 saturated carbocycles. The van der Waals surface area contributed by atoms with Gasteiger partial charge in [0.05, 0.1) is 0 Å². The first-order valence-electron chi connectivity index (χ1n) is 9.01. The predicted octanol–water partition coefficient (Wildman–Crippen LogP) is 0.690. The summed E-state index contributed by atoms with van der Waals surface area (Å²) in [5, 5.41) is 5.84. The van der Waals surface area contributed by atoms with Crippen LogP contribution in [0, 0.1) is 17.5 Å². The molecule has 0 bridgehead atoms. The number of piperazine rings is 1. The van der Waals surface area contributed by atoms with Crippen molar-refractivity contribution in [3.8, 4) is 0 Å². The fourth-order valence-electron chi connectivity index (χ4n) is 3.05. The van der Waals surface area contributed by atoms with E-state index in [1.54, 1.807) is 0 Å². The Morgan fingerprint density at radius 2 is 2.11 bits per heavy atom. The van der Waals surface area contributed by atoms with Crippen LogP contribution in [0.25, 0.3) is 0 Å². The van der Waals surface area contributed by atoms with Crippen LogP contribution in [0.3, 0.4) is 0 Å². The van der Waals surface area contributed by atoms with Crippen LogP contribution in [-0.2, 0) is 16.0 Å². The molecule has 150 valence electrons. The van der Waals surface area contributed by atoms with Crippen molar-refractivity contribution in [2.75, 3.05) is 26.2 Å². The standard InChI is InChI=1S/C18H25F3N4O2/c1-2-5-23-10-14-18(27)24-6-7-25(14)15(26)9-12(22)8-11-3-4-13(19)17(21)16(11)20/h3-4,12,14,23H,2,5-10,22H2,1H3,(H,24,27)/t12-,14-/m1/s1. The average molecular weight is 386 g/mol. The Bertz CT molecular complexity index is 687. The third kappa shape index (κ3) is 5.43. The molecule has 2 amide bonds. The maximum absolute atomic E-state index is 13.8. The third-order valence-corrected chi connectivity index (χ3v) is 4.45. The van der Waals surface area contributed by atoms with Crippen LogP contribution < -0.4 is 16.4 Å². The number of nitrogens with two attached hydrogens (primary N) is 1. The predicted molar refractivity (Wildman–Crippen MR) is 94.3 cm³/mol. The van der Waals surface area contributed by atoms with E-state index in [-0.39, 0.29) is 30.2 Å². The number of hydrogen-bond acceptors (Lipinski definition) is 4. The van der Waals surface area contributed by atoms with E-state index in [1.165, 1.54) is 4.90 Å². The minimum absolute atomic E-state index is 0.0910. The molecule has 6 nitrogen and oxygen atoms in total. The number of rotatable bonds is 8. The Hall–Kier alpha value is -2.13. The third-order valence-electron chi connectivity index (χ3n) is 4.45.